The summed E-state index contributed by atoms with van der Waals surface area (Å²) in [5, 5.41) is 4.21. The summed E-state index contributed by atoms with van der Waals surface area (Å²) in [4.78, 5) is 25.9. The normalized spacial score (nSPS) is 13.6. The van der Waals surface area contributed by atoms with Crippen LogP contribution < -0.4 is 15.6 Å². The van der Waals surface area contributed by atoms with E-state index in [1.165, 1.54) is 0 Å². The number of aryl methyl sites for hydroxylation is 1. The first kappa shape index (κ1) is 16.4. The number of benzene rings is 2. The first-order chi connectivity index (χ1) is 12.6. The lowest BCUT2D eigenvalue weighted by Gasteiger charge is -2.14. The molecule has 132 valence electrons. The van der Waals surface area contributed by atoms with Crippen LogP contribution in [0.3, 0.4) is 0 Å². The minimum atomic E-state index is -0.275. The Labute approximate surface area is 151 Å². The molecule has 1 aliphatic rings. The van der Waals surface area contributed by atoms with Crippen molar-refractivity contribution in [2.75, 3.05) is 12.4 Å². The SMILES string of the molecule is COc1ccc2c(=O)n(C3CC3)c(C(=O)Nc3ccc(C)cc3)cc2c1. The average molecular weight is 348 g/mol. The van der Waals surface area contributed by atoms with Gasteiger partial charge in [-0.05, 0) is 61.5 Å². The maximum atomic E-state index is 13.0. The van der Waals surface area contributed by atoms with Crippen LogP contribution in [0, 0.1) is 6.92 Å². The van der Waals surface area contributed by atoms with Gasteiger partial charge in [-0.1, -0.05) is 17.7 Å². The third-order valence-electron chi connectivity index (χ3n) is 4.71. The fourth-order valence-corrected chi connectivity index (χ4v) is 3.14. The molecule has 1 saturated carbocycles. The molecule has 1 fully saturated rings. The lowest BCUT2D eigenvalue weighted by atomic mass is 10.1. The molecule has 2 aromatic carbocycles. The summed E-state index contributed by atoms with van der Waals surface area (Å²) < 4.78 is 6.89. The largest absolute Gasteiger partial charge is 0.497 e. The molecule has 26 heavy (non-hydrogen) atoms. The van der Waals surface area contributed by atoms with Gasteiger partial charge in [-0.3, -0.25) is 9.59 Å². The van der Waals surface area contributed by atoms with Gasteiger partial charge in [0.2, 0.25) is 0 Å². The zero-order chi connectivity index (χ0) is 18.3. The van der Waals surface area contributed by atoms with Crippen LogP contribution in [0.5, 0.6) is 5.75 Å². The highest BCUT2D eigenvalue weighted by molar-refractivity contribution is 6.05. The van der Waals surface area contributed by atoms with E-state index in [-0.39, 0.29) is 17.5 Å². The highest BCUT2D eigenvalue weighted by atomic mass is 16.5. The monoisotopic (exact) mass is 348 g/mol. The molecule has 0 atom stereocenters. The van der Waals surface area contributed by atoms with Crippen molar-refractivity contribution >= 4 is 22.4 Å². The van der Waals surface area contributed by atoms with Crippen LogP contribution in [0.1, 0.15) is 34.9 Å². The fourth-order valence-electron chi connectivity index (χ4n) is 3.14. The molecule has 0 saturated heterocycles. The molecule has 1 aromatic heterocycles. The second kappa shape index (κ2) is 6.33. The van der Waals surface area contributed by atoms with Crippen molar-refractivity contribution in [1.29, 1.82) is 0 Å². The van der Waals surface area contributed by atoms with E-state index in [1.807, 2.05) is 31.2 Å². The number of rotatable bonds is 4. The van der Waals surface area contributed by atoms with Crippen molar-refractivity contribution in [1.82, 2.24) is 4.57 Å². The lowest BCUT2D eigenvalue weighted by Crippen LogP contribution is -2.28. The van der Waals surface area contributed by atoms with Crippen molar-refractivity contribution < 1.29 is 9.53 Å². The highest BCUT2D eigenvalue weighted by Crippen LogP contribution is 2.35. The number of hydrogen-bond donors (Lipinski definition) is 1. The molecule has 5 heteroatoms. The molecule has 0 unspecified atom stereocenters. The fraction of sp³-hybridized carbons (Fsp3) is 0.238. The number of fused-ring (bicyclic) bond motifs is 1. The predicted molar refractivity (Wildman–Crippen MR) is 102 cm³/mol. The molecule has 1 heterocycles. The zero-order valence-corrected chi connectivity index (χ0v) is 14.8. The highest BCUT2D eigenvalue weighted by Gasteiger charge is 2.29. The van der Waals surface area contributed by atoms with E-state index in [2.05, 4.69) is 5.32 Å². The molecule has 1 N–H and O–H groups in total. The Morgan fingerprint density at radius 1 is 1.12 bits per heavy atom. The minimum Gasteiger partial charge on any atom is -0.497 e. The lowest BCUT2D eigenvalue weighted by molar-refractivity contribution is 0.101. The molecule has 0 bridgehead atoms. The van der Waals surface area contributed by atoms with E-state index in [1.54, 1.807) is 35.9 Å². The van der Waals surface area contributed by atoms with Gasteiger partial charge >= 0.3 is 0 Å². The summed E-state index contributed by atoms with van der Waals surface area (Å²) in [5.41, 5.74) is 2.09. The number of pyridine rings is 1. The molecular formula is C21H20N2O3. The Bertz CT molecular complexity index is 1050. The van der Waals surface area contributed by atoms with Gasteiger partial charge in [0, 0.05) is 17.1 Å². The average Bonchev–Trinajstić information content (AvgIpc) is 3.47. The summed E-state index contributed by atoms with van der Waals surface area (Å²) in [7, 11) is 1.58. The topological polar surface area (TPSA) is 60.3 Å². The Balaban J connectivity index is 1.81. The summed E-state index contributed by atoms with van der Waals surface area (Å²) in [6, 6.07) is 14.8. The molecule has 0 radical (unpaired) electrons. The smallest absolute Gasteiger partial charge is 0.272 e. The van der Waals surface area contributed by atoms with Crippen molar-refractivity contribution in [3.05, 3.63) is 70.1 Å². The van der Waals surface area contributed by atoms with E-state index >= 15 is 0 Å². The van der Waals surface area contributed by atoms with Crippen molar-refractivity contribution in [2.24, 2.45) is 0 Å². The van der Waals surface area contributed by atoms with E-state index in [4.69, 9.17) is 4.74 Å². The first-order valence-electron chi connectivity index (χ1n) is 8.68. The standard InChI is InChI=1S/C21H20N2O3/c1-13-3-5-15(6-4-13)22-20(24)19-12-14-11-17(26-2)9-10-18(14)21(25)23(19)16-7-8-16/h3-6,9-12,16H,7-8H2,1-2H3,(H,22,24). The van der Waals surface area contributed by atoms with Gasteiger partial charge in [-0.2, -0.15) is 0 Å². The molecule has 0 aliphatic heterocycles. The van der Waals surface area contributed by atoms with E-state index in [0.29, 0.717) is 27.9 Å². The van der Waals surface area contributed by atoms with Crippen LogP contribution in [-0.2, 0) is 0 Å². The van der Waals surface area contributed by atoms with Gasteiger partial charge in [-0.15, -0.1) is 0 Å². The third kappa shape index (κ3) is 2.96. The number of carbonyl (C=O) groups excluding carboxylic acids is 1. The van der Waals surface area contributed by atoms with Crippen molar-refractivity contribution in [3.63, 3.8) is 0 Å². The molecule has 5 nitrogen and oxygen atoms in total. The van der Waals surface area contributed by atoms with Crippen LogP contribution in [0.4, 0.5) is 5.69 Å². The Kier molecular flexibility index (Phi) is 3.99. The van der Waals surface area contributed by atoms with Crippen LogP contribution >= 0.6 is 0 Å². The summed E-state index contributed by atoms with van der Waals surface area (Å²) in [5.74, 6) is 0.383. The number of nitrogens with one attached hydrogen (secondary N) is 1. The number of nitrogens with zero attached hydrogens (tertiary/aromatic N) is 1. The van der Waals surface area contributed by atoms with Crippen LogP contribution in [0.15, 0.2) is 53.3 Å². The first-order valence-corrected chi connectivity index (χ1v) is 8.68. The number of anilines is 1. The van der Waals surface area contributed by atoms with Crippen LogP contribution in [-0.4, -0.2) is 17.6 Å². The second-order valence-electron chi connectivity index (χ2n) is 6.71. The molecule has 4 rings (SSSR count). The van der Waals surface area contributed by atoms with E-state index in [0.717, 1.165) is 18.4 Å². The minimum absolute atomic E-state index is 0.104. The number of hydrogen-bond acceptors (Lipinski definition) is 3. The van der Waals surface area contributed by atoms with Crippen LogP contribution in [0.25, 0.3) is 10.8 Å². The van der Waals surface area contributed by atoms with Gasteiger partial charge in [0.25, 0.3) is 11.5 Å². The number of aromatic nitrogens is 1. The predicted octanol–water partition coefficient (Wildman–Crippen LogP) is 3.91. The van der Waals surface area contributed by atoms with E-state index < -0.39 is 0 Å². The van der Waals surface area contributed by atoms with Crippen molar-refractivity contribution in [2.45, 2.75) is 25.8 Å². The van der Waals surface area contributed by atoms with Gasteiger partial charge in [0.1, 0.15) is 11.4 Å². The maximum absolute atomic E-state index is 13.0. The van der Waals surface area contributed by atoms with E-state index in [9.17, 15) is 9.59 Å². The van der Waals surface area contributed by atoms with Gasteiger partial charge in [0.05, 0.1) is 7.11 Å². The van der Waals surface area contributed by atoms with Gasteiger partial charge in [0.15, 0.2) is 0 Å². The molecular weight excluding hydrogens is 328 g/mol. The van der Waals surface area contributed by atoms with Gasteiger partial charge in [-0.25, -0.2) is 0 Å². The zero-order valence-electron chi connectivity index (χ0n) is 14.8. The summed E-state index contributed by atoms with van der Waals surface area (Å²) in [6.07, 6.45) is 1.85. The molecule has 0 spiro atoms. The summed E-state index contributed by atoms with van der Waals surface area (Å²) in [6.45, 7) is 1.99. The quantitative estimate of drug-likeness (QED) is 0.778. The Morgan fingerprint density at radius 2 is 1.85 bits per heavy atom. The number of ether oxygens (including phenoxy) is 1. The maximum Gasteiger partial charge on any atom is 0.272 e. The Hall–Kier alpha value is -3.08. The number of methoxy groups -OCH3 is 1. The van der Waals surface area contributed by atoms with Gasteiger partial charge < -0.3 is 14.6 Å². The summed E-state index contributed by atoms with van der Waals surface area (Å²) >= 11 is 0. The van der Waals surface area contributed by atoms with Crippen LogP contribution in [0.2, 0.25) is 0 Å². The third-order valence-corrected chi connectivity index (χ3v) is 4.71. The number of carbonyl (C=O) groups is 1. The number of amides is 1. The Morgan fingerprint density at radius 3 is 2.50 bits per heavy atom. The molecule has 3 aromatic rings. The van der Waals surface area contributed by atoms with Crippen molar-refractivity contribution in [3.8, 4) is 5.75 Å². The molecule has 1 amide bonds. The second-order valence-corrected chi connectivity index (χ2v) is 6.71. The molecule has 1 aliphatic carbocycles.